The minimum atomic E-state index is -0.689. The van der Waals surface area contributed by atoms with E-state index in [1.165, 1.54) is 25.1 Å². The Hall–Kier alpha value is -2.08. The van der Waals surface area contributed by atoms with Crippen molar-refractivity contribution in [1.82, 2.24) is 9.97 Å². The van der Waals surface area contributed by atoms with Crippen LogP contribution in [-0.2, 0) is 0 Å². The average molecular weight is 268 g/mol. The minimum Gasteiger partial charge on any atom is -0.258 e. The second-order valence-corrected chi connectivity index (χ2v) is 3.90. The van der Waals surface area contributed by atoms with Crippen LogP contribution in [0.15, 0.2) is 24.3 Å². The summed E-state index contributed by atoms with van der Waals surface area (Å²) in [6, 6.07) is 5.75. The molecule has 0 saturated heterocycles. The van der Waals surface area contributed by atoms with Crippen LogP contribution >= 0.6 is 11.6 Å². The smallest absolute Gasteiger partial charge is 0.258 e. The lowest BCUT2D eigenvalue weighted by Gasteiger charge is -2.03. The molecule has 0 radical (unpaired) electrons. The van der Waals surface area contributed by atoms with Gasteiger partial charge in [-0.2, -0.15) is 0 Å². The maximum Gasteiger partial charge on any atom is 0.270 e. The van der Waals surface area contributed by atoms with Gasteiger partial charge in [-0.3, -0.25) is 10.1 Å². The van der Waals surface area contributed by atoms with Gasteiger partial charge >= 0.3 is 0 Å². The summed E-state index contributed by atoms with van der Waals surface area (Å²) >= 11 is 5.61. The number of hydrogen-bond donors (Lipinski definition) is 0. The lowest BCUT2D eigenvalue weighted by molar-refractivity contribution is -0.384. The standard InChI is InChI=1S/C11H7ClFN3O2/c1-6-9(13)10(12)15-11(14-6)7-3-2-4-8(5-7)16(17)18/h2-5H,1H3. The predicted octanol–water partition coefficient (Wildman–Crippen LogP) is 3.15. The Kier molecular flexibility index (Phi) is 3.20. The molecule has 18 heavy (non-hydrogen) atoms. The van der Waals surface area contributed by atoms with Crippen LogP contribution in [0.2, 0.25) is 5.15 Å². The highest BCUT2D eigenvalue weighted by Gasteiger charge is 2.13. The molecule has 5 nitrogen and oxygen atoms in total. The number of nitrogens with zero attached hydrogens (tertiary/aromatic N) is 3. The lowest BCUT2D eigenvalue weighted by Crippen LogP contribution is -1.98. The van der Waals surface area contributed by atoms with E-state index in [2.05, 4.69) is 9.97 Å². The quantitative estimate of drug-likeness (QED) is 0.476. The summed E-state index contributed by atoms with van der Waals surface area (Å²) < 4.78 is 13.3. The summed E-state index contributed by atoms with van der Waals surface area (Å²) in [6.07, 6.45) is 0. The van der Waals surface area contributed by atoms with E-state index in [-0.39, 0.29) is 22.4 Å². The highest BCUT2D eigenvalue weighted by molar-refractivity contribution is 6.29. The largest absolute Gasteiger partial charge is 0.270 e. The van der Waals surface area contributed by atoms with Crippen LogP contribution in [0.3, 0.4) is 0 Å². The van der Waals surface area contributed by atoms with Crippen LogP contribution in [-0.4, -0.2) is 14.9 Å². The number of rotatable bonds is 2. The Morgan fingerprint density at radius 2 is 2.11 bits per heavy atom. The van der Waals surface area contributed by atoms with E-state index in [0.717, 1.165) is 0 Å². The monoisotopic (exact) mass is 267 g/mol. The first-order valence-corrected chi connectivity index (χ1v) is 5.31. The molecule has 0 aliphatic heterocycles. The Bertz CT molecular complexity index is 610. The summed E-state index contributed by atoms with van der Waals surface area (Å²) in [6.45, 7) is 1.45. The fourth-order valence-corrected chi connectivity index (χ4v) is 1.63. The summed E-state index contributed by atoms with van der Waals surface area (Å²) in [5, 5.41) is 10.3. The maximum absolute atomic E-state index is 13.3. The number of halogens is 2. The molecule has 0 aliphatic rings. The molecule has 2 rings (SSSR count). The molecular weight excluding hydrogens is 261 g/mol. The van der Waals surface area contributed by atoms with Crippen LogP contribution in [0.1, 0.15) is 5.69 Å². The van der Waals surface area contributed by atoms with Gasteiger partial charge in [0.1, 0.15) is 0 Å². The summed E-state index contributed by atoms with van der Waals surface area (Å²) in [4.78, 5) is 17.8. The second kappa shape index (κ2) is 4.66. The van der Waals surface area contributed by atoms with Gasteiger partial charge in [-0.15, -0.1) is 0 Å². The van der Waals surface area contributed by atoms with Gasteiger partial charge in [-0.05, 0) is 6.92 Å². The van der Waals surface area contributed by atoms with Gasteiger partial charge in [-0.25, -0.2) is 14.4 Å². The molecule has 0 spiro atoms. The van der Waals surface area contributed by atoms with E-state index >= 15 is 0 Å². The average Bonchev–Trinajstić information content (AvgIpc) is 2.35. The number of nitro groups is 1. The minimum absolute atomic E-state index is 0.0887. The van der Waals surface area contributed by atoms with Crippen molar-refractivity contribution in [3.05, 3.63) is 51.0 Å². The van der Waals surface area contributed by atoms with Crippen molar-refractivity contribution in [3.8, 4) is 11.4 Å². The number of benzene rings is 1. The van der Waals surface area contributed by atoms with E-state index in [0.29, 0.717) is 5.56 Å². The molecule has 92 valence electrons. The number of hydrogen-bond acceptors (Lipinski definition) is 4. The summed E-state index contributed by atoms with van der Waals surface area (Å²) in [5.41, 5.74) is 0.417. The van der Waals surface area contributed by atoms with Crippen molar-refractivity contribution >= 4 is 17.3 Å². The van der Waals surface area contributed by atoms with Crippen molar-refractivity contribution < 1.29 is 9.31 Å². The zero-order valence-corrected chi connectivity index (χ0v) is 9.98. The van der Waals surface area contributed by atoms with Crippen molar-refractivity contribution in [2.45, 2.75) is 6.92 Å². The fourth-order valence-electron chi connectivity index (χ4n) is 1.41. The number of non-ortho nitro benzene ring substituents is 1. The van der Waals surface area contributed by atoms with Gasteiger partial charge in [-0.1, -0.05) is 23.7 Å². The summed E-state index contributed by atoms with van der Waals surface area (Å²) in [5.74, 6) is -0.534. The molecule has 0 N–H and O–H groups in total. The Morgan fingerprint density at radius 3 is 2.72 bits per heavy atom. The van der Waals surface area contributed by atoms with Crippen molar-refractivity contribution in [2.75, 3.05) is 0 Å². The van der Waals surface area contributed by atoms with Gasteiger partial charge < -0.3 is 0 Å². The van der Waals surface area contributed by atoms with Crippen LogP contribution in [0.25, 0.3) is 11.4 Å². The highest BCUT2D eigenvalue weighted by atomic mass is 35.5. The third-order valence-corrected chi connectivity index (χ3v) is 2.54. The van der Waals surface area contributed by atoms with Crippen LogP contribution < -0.4 is 0 Å². The molecule has 0 saturated carbocycles. The summed E-state index contributed by atoms with van der Waals surface area (Å²) in [7, 11) is 0. The third kappa shape index (κ3) is 2.28. The lowest BCUT2D eigenvalue weighted by atomic mass is 10.2. The van der Waals surface area contributed by atoms with Gasteiger partial charge in [0.05, 0.1) is 10.6 Å². The van der Waals surface area contributed by atoms with Gasteiger partial charge in [0.2, 0.25) is 0 Å². The molecule has 0 amide bonds. The van der Waals surface area contributed by atoms with E-state index in [1.807, 2.05) is 0 Å². The number of aromatic nitrogens is 2. The number of aryl methyl sites for hydroxylation is 1. The molecule has 1 heterocycles. The molecule has 1 aromatic carbocycles. The molecule has 7 heteroatoms. The zero-order valence-electron chi connectivity index (χ0n) is 9.22. The SMILES string of the molecule is Cc1nc(-c2cccc([N+](=O)[O-])c2)nc(Cl)c1F. The second-order valence-electron chi connectivity index (χ2n) is 3.54. The van der Waals surface area contributed by atoms with E-state index < -0.39 is 10.7 Å². The molecule has 0 fully saturated rings. The van der Waals surface area contributed by atoms with Crippen molar-refractivity contribution in [1.29, 1.82) is 0 Å². The predicted molar refractivity (Wildman–Crippen MR) is 63.8 cm³/mol. The normalized spacial score (nSPS) is 10.4. The molecule has 0 unspecified atom stereocenters. The Balaban J connectivity index is 2.55. The fraction of sp³-hybridized carbons (Fsp3) is 0.0909. The Morgan fingerprint density at radius 1 is 1.39 bits per heavy atom. The van der Waals surface area contributed by atoms with Crippen molar-refractivity contribution in [3.63, 3.8) is 0 Å². The molecule has 2 aromatic rings. The van der Waals surface area contributed by atoms with E-state index in [1.54, 1.807) is 6.07 Å². The zero-order chi connectivity index (χ0) is 13.3. The first-order chi connectivity index (χ1) is 8.49. The highest BCUT2D eigenvalue weighted by Crippen LogP contribution is 2.24. The number of nitro benzene ring substituents is 1. The van der Waals surface area contributed by atoms with Crippen LogP contribution in [0.5, 0.6) is 0 Å². The van der Waals surface area contributed by atoms with Crippen LogP contribution in [0, 0.1) is 22.9 Å². The maximum atomic E-state index is 13.3. The Labute approximate surface area is 106 Å². The molecule has 0 atom stereocenters. The van der Waals surface area contributed by atoms with Crippen LogP contribution in [0.4, 0.5) is 10.1 Å². The first kappa shape index (κ1) is 12.4. The molecule has 0 aliphatic carbocycles. The molecular formula is C11H7ClFN3O2. The topological polar surface area (TPSA) is 68.9 Å². The first-order valence-electron chi connectivity index (χ1n) is 4.93. The van der Waals surface area contributed by atoms with E-state index in [9.17, 15) is 14.5 Å². The van der Waals surface area contributed by atoms with Crippen molar-refractivity contribution in [2.24, 2.45) is 0 Å². The third-order valence-electron chi connectivity index (χ3n) is 2.29. The molecule has 1 aromatic heterocycles. The van der Waals surface area contributed by atoms with Gasteiger partial charge in [0.15, 0.2) is 16.8 Å². The van der Waals surface area contributed by atoms with Gasteiger partial charge in [0.25, 0.3) is 5.69 Å². The van der Waals surface area contributed by atoms with Gasteiger partial charge in [0, 0.05) is 17.7 Å². The van der Waals surface area contributed by atoms with E-state index in [4.69, 9.17) is 11.6 Å². The molecule has 0 bridgehead atoms.